The number of amides is 1. The lowest BCUT2D eigenvalue weighted by molar-refractivity contribution is -0.120. The van der Waals surface area contributed by atoms with Crippen LogP contribution in [-0.2, 0) is 21.2 Å². The van der Waals surface area contributed by atoms with Gasteiger partial charge in [-0.25, -0.2) is 14.3 Å². The van der Waals surface area contributed by atoms with Crippen molar-refractivity contribution in [2.24, 2.45) is 5.84 Å². The number of hydrogen-bond donors (Lipinski definition) is 2. The zero-order valence-corrected chi connectivity index (χ0v) is 10.5. The molecule has 0 aliphatic heterocycles. The van der Waals surface area contributed by atoms with Gasteiger partial charge in [-0.2, -0.15) is 0 Å². The smallest absolute Gasteiger partial charge is 0.238 e. The molecule has 94 valence electrons. The summed E-state index contributed by atoms with van der Waals surface area (Å²) in [7, 11) is -1.79. The highest BCUT2D eigenvalue weighted by Crippen LogP contribution is 2.16. The van der Waals surface area contributed by atoms with Gasteiger partial charge in [0.1, 0.15) is 0 Å². The van der Waals surface area contributed by atoms with Crippen molar-refractivity contribution in [2.45, 2.75) is 6.42 Å². The van der Waals surface area contributed by atoms with E-state index in [1.54, 1.807) is 24.3 Å². The SMILES string of the molecule is CN(c1ccc(CC(=O)NN)cc1)S(C)(=O)=O. The summed E-state index contributed by atoms with van der Waals surface area (Å²) in [6.07, 6.45) is 1.29. The van der Waals surface area contributed by atoms with Gasteiger partial charge in [0.15, 0.2) is 0 Å². The fourth-order valence-corrected chi connectivity index (χ4v) is 1.76. The standard InChI is InChI=1S/C10H15N3O3S/c1-13(17(2,15)16)9-5-3-8(4-6-9)7-10(14)12-11/h3-6H,7,11H2,1-2H3,(H,12,14). The molecule has 0 atom stereocenters. The van der Waals surface area contributed by atoms with Gasteiger partial charge in [0.25, 0.3) is 0 Å². The molecule has 0 aliphatic rings. The van der Waals surface area contributed by atoms with E-state index < -0.39 is 10.0 Å². The van der Waals surface area contributed by atoms with Crippen LogP contribution >= 0.6 is 0 Å². The third-order valence-corrected chi connectivity index (χ3v) is 3.53. The summed E-state index contributed by atoms with van der Waals surface area (Å²) in [4.78, 5) is 11.0. The molecule has 0 spiro atoms. The third-order valence-electron chi connectivity index (χ3n) is 2.32. The molecule has 0 bridgehead atoms. The Bertz CT molecular complexity index is 496. The fourth-order valence-electron chi connectivity index (χ4n) is 1.25. The normalized spacial score (nSPS) is 11.0. The second-order valence-electron chi connectivity index (χ2n) is 3.64. The van der Waals surface area contributed by atoms with E-state index in [0.717, 1.165) is 11.8 Å². The molecule has 6 nitrogen and oxygen atoms in total. The van der Waals surface area contributed by atoms with Crippen LogP contribution in [0.3, 0.4) is 0 Å². The van der Waals surface area contributed by atoms with E-state index in [1.165, 1.54) is 11.4 Å². The first-order chi connectivity index (χ1) is 7.84. The van der Waals surface area contributed by atoms with Crippen LogP contribution < -0.4 is 15.6 Å². The number of rotatable bonds is 4. The summed E-state index contributed by atoms with van der Waals surface area (Å²) in [6, 6.07) is 6.65. The maximum absolute atomic E-state index is 11.3. The van der Waals surface area contributed by atoms with Gasteiger partial charge in [-0.15, -0.1) is 0 Å². The minimum atomic E-state index is -3.26. The first-order valence-corrected chi connectivity index (χ1v) is 6.71. The Morgan fingerprint density at radius 3 is 2.29 bits per heavy atom. The van der Waals surface area contributed by atoms with Gasteiger partial charge in [0.2, 0.25) is 15.9 Å². The van der Waals surface area contributed by atoms with Crippen LogP contribution in [0, 0.1) is 0 Å². The van der Waals surface area contributed by atoms with E-state index in [2.05, 4.69) is 0 Å². The van der Waals surface area contributed by atoms with Crippen LogP contribution in [0.1, 0.15) is 5.56 Å². The molecular weight excluding hydrogens is 242 g/mol. The number of sulfonamides is 1. The van der Waals surface area contributed by atoms with Crippen molar-refractivity contribution in [1.29, 1.82) is 0 Å². The van der Waals surface area contributed by atoms with Gasteiger partial charge < -0.3 is 0 Å². The predicted molar refractivity (Wildman–Crippen MR) is 65.7 cm³/mol. The molecule has 3 N–H and O–H groups in total. The molecule has 1 rings (SSSR count). The number of carbonyl (C=O) groups is 1. The summed E-state index contributed by atoms with van der Waals surface area (Å²) < 4.78 is 23.7. The molecule has 1 aromatic carbocycles. The van der Waals surface area contributed by atoms with E-state index >= 15 is 0 Å². The molecular formula is C10H15N3O3S. The second kappa shape index (κ2) is 5.15. The number of anilines is 1. The lowest BCUT2D eigenvalue weighted by Crippen LogP contribution is -2.31. The average molecular weight is 257 g/mol. The summed E-state index contributed by atoms with van der Waals surface area (Å²) in [5.74, 6) is 4.67. The average Bonchev–Trinajstić information content (AvgIpc) is 2.27. The van der Waals surface area contributed by atoms with E-state index in [4.69, 9.17) is 5.84 Å². The zero-order valence-electron chi connectivity index (χ0n) is 9.67. The van der Waals surface area contributed by atoms with Crippen LogP contribution in [0.15, 0.2) is 24.3 Å². The Labute approximate surface area is 100 Å². The predicted octanol–water partition coefficient (Wildman–Crippen LogP) is -0.385. The van der Waals surface area contributed by atoms with E-state index in [-0.39, 0.29) is 12.3 Å². The topological polar surface area (TPSA) is 92.5 Å². The Kier molecular flexibility index (Phi) is 4.08. The summed E-state index contributed by atoms with van der Waals surface area (Å²) >= 11 is 0. The molecule has 0 heterocycles. The highest BCUT2D eigenvalue weighted by Gasteiger charge is 2.11. The molecule has 1 amide bonds. The summed E-state index contributed by atoms with van der Waals surface area (Å²) in [6.45, 7) is 0. The molecule has 0 fully saturated rings. The van der Waals surface area contributed by atoms with Crippen molar-refractivity contribution < 1.29 is 13.2 Å². The maximum atomic E-state index is 11.3. The Balaban J connectivity index is 2.85. The lowest BCUT2D eigenvalue weighted by atomic mass is 10.1. The Hall–Kier alpha value is -1.60. The molecule has 0 saturated heterocycles. The third kappa shape index (κ3) is 3.72. The van der Waals surface area contributed by atoms with Crippen molar-refractivity contribution in [1.82, 2.24) is 5.43 Å². The van der Waals surface area contributed by atoms with Crippen LogP contribution in [0.25, 0.3) is 0 Å². The van der Waals surface area contributed by atoms with E-state index in [0.29, 0.717) is 5.69 Å². The van der Waals surface area contributed by atoms with Crippen molar-refractivity contribution in [3.05, 3.63) is 29.8 Å². The minimum absolute atomic E-state index is 0.166. The number of hydrogen-bond acceptors (Lipinski definition) is 4. The first-order valence-electron chi connectivity index (χ1n) is 4.87. The van der Waals surface area contributed by atoms with Gasteiger partial charge in [0.05, 0.1) is 18.4 Å². The van der Waals surface area contributed by atoms with Gasteiger partial charge in [-0.3, -0.25) is 14.5 Å². The van der Waals surface area contributed by atoms with Crippen molar-refractivity contribution >= 4 is 21.6 Å². The molecule has 0 aromatic heterocycles. The monoisotopic (exact) mass is 257 g/mol. The quantitative estimate of drug-likeness (QED) is 0.436. The molecule has 0 radical (unpaired) electrons. The molecule has 7 heteroatoms. The number of benzene rings is 1. The first kappa shape index (κ1) is 13.5. The summed E-state index contributed by atoms with van der Waals surface area (Å²) in [5, 5.41) is 0. The summed E-state index contributed by atoms with van der Waals surface area (Å²) in [5.41, 5.74) is 3.34. The van der Waals surface area contributed by atoms with E-state index in [9.17, 15) is 13.2 Å². The van der Waals surface area contributed by atoms with Crippen LogP contribution in [0.2, 0.25) is 0 Å². The van der Waals surface area contributed by atoms with Crippen molar-refractivity contribution in [2.75, 3.05) is 17.6 Å². The Morgan fingerprint density at radius 1 is 1.35 bits per heavy atom. The number of hydrazine groups is 1. The largest absolute Gasteiger partial charge is 0.294 e. The molecule has 0 aliphatic carbocycles. The second-order valence-corrected chi connectivity index (χ2v) is 5.65. The van der Waals surface area contributed by atoms with Gasteiger partial charge >= 0.3 is 0 Å². The minimum Gasteiger partial charge on any atom is -0.294 e. The van der Waals surface area contributed by atoms with Gasteiger partial charge in [-0.05, 0) is 17.7 Å². The number of nitrogens with one attached hydrogen (secondary N) is 1. The van der Waals surface area contributed by atoms with Gasteiger partial charge in [0, 0.05) is 7.05 Å². The molecule has 0 saturated carbocycles. The van der Waals surface area contributed by atoms with Crippen LogP contribution in [0.5, 0.6) is 0 Å². The molecule has 17 heavy (non-hydrogen) atoms. The highest BCUT2D eigenvalue weighted by atomic mass is 32.2. The van der Waals surface area contributed by atoms with Crippen molar-refractivity contribution in [3.63, 3.8) is 0 Å². The highest BCUT2D eigenvalue weighted by molar-refractivity contribution is 7.92. The van der Waals surface area contributed by atoms with Crippen LogP contribution in [-0.4, -0.2) is 27.6 Å². The van der Waals surface area contributed by atoms with E-state index in [1.807, 2.05) is 5.43 Å². The Morgan fingerprint density at radius 2 is 1.88 bits per heavy atom. The maximum Gasteiger partial charge on any atom is 0.238 e. The fraction of sp³-hybridized carbons (Fsp3) is 0.300. The number of nitrogens with zero attached hydrogens (tertiary/aromatic N) is 1. The van der Waals surface area contributed by atoms with Gasteiger partial charge in [-0.1, -0.05) is 12.1 Å². The molecule has 0 unspecified atom stereocenters. The number of carbonyl (C=O) groups excluding carboxylic acids is 1. The molecule has 1 aromatic rings. The number of nitrogens with two attached hydrogens (primary N) is 1. The van der Waals surface area contributed by atoms with Crippen molar-refractivity contribution in [3.8, 4) is 0 Å². The zero-order chi connectivity index (χ0) is 13.1. The van der Waals surface area contributed by atoms with Crippen LogP contribution in [0.4, 0.5) is 5.69 Å². The lowest BCUT2D eigenvalue weighted by Gasteiger charge is -2.16.